The molecular weight excluding hydrogens is 178 g/mol. The lowest BCUT2D eigenvalue weighted by molar-refractivity contribution is 0.189. The van der Waals surface area contributed by atoms with Crippen LogP contribution >= 0.6 is 0 Å². The zero-order chi connectivity index (χ0) is 10.1. The lowest BCUT2D eigenvalue weighted by Crippen LogP contribution is -2.43. The van der Waals surface area contributed by atoms with E-state index in [4.69, 9.17) is 5.84 Å². The first-order chi connectivity index (χ1) is 6.72. The van der Waals surface area contributed by atoms with Gasteiger partial charge in [0.05, 0.1) is 0 Å². The summed E-state index contributed by atoms with van der Waals surface area (Å²) in [5.74, 6) is 7.68. The molecule has 14 heavy (non-hydrogen) atoms. The fourth-order valence-corrected chi connectivity index (χ4v) is 2.81. The fourth-order valence-electron chi connectivity index (χ4n) is 2.81. The van der Waals surface area contributed by atoms with Gasteiger partial charge in [-0.3, -0.25) is 5.43 Å². The summed E-state index contributed by atoms with van der Waals surface area (Å²) in [4.78, 5) is 12.9. The highest BCUT2D eigenvalue weighted by atomic mass is 16.2. The van der Waals surface area contributed by atoms with Crippen molar-refractivity contribution in [3.63, 3.8) is 0 Å². The van der Waals surface area contributed by atoms with Crippen molar-refractivity contribution in [2.24, 2.45) is 23.6 Å². The maximum Gasteiger partial charge on any atom is 0.331 e. The Morgan fingerprint density at radius 1 is 1.57 bits per heavy atom. The second-order valence-electron chi connectivity index (χ2n) is 4.68. The molecule has 2 aliphatic rings. The van der Waals surface area contributed by atoms with Gasteiger partial charge >= 0.3 is 6.03 Å². The number of nitrogens with zero attached hydrogens (tertiary/aromatic N) is 1. The molecule has 3 N–H and O–H groups in total. The summed E-state index contributed by atoms with van der Waals surface area (Å²) >= 11 is 0. The topological polar surface area (TPSA) is 58.4 Å². The van der Waals surface area contributed by atoms with Crippen LogP contribution in [0.15, 0.2) is 0 Å². The van der Waals surface area contributed by atoms with E-state index in [-0.39, 0.29) is 6.03 Å². The number of carbonyl (C=O) groups is 1. The summed E-state index contributed by atoms with van der Waals surface area (Å²) in [6.45, 7) is 0.865. The van der Waals surface area contributed by atoms with Gasteiger partial charge in [-0.2, -0.15) is 0 Å². The molecular formula is C10H19N3O. The van der Waals surface area contributed by atoms with E-state index in [2.05, 4.69) is 5.43 Å². The number of nitrogens with two attached hydrogens (primary N) is 1. The summed E-state index contributed by atoms with van der Waals surface area (Å²) in [5.41, 5.74) is 2.17. The van der Waals surface area contributed by atoms with Crippen LogP contribution in [0.4, 0.5) is 4.79 Å². The van der Waals surface area contributed by atoms with E-state index >= 15 is 0 Å². The van der Waals surface area contributed by atoms with Crippen LogP contribution < -0.4 is 11.3 Å². The Morgan fingerprint density at radius 3 is 3.07 bits per heavy atom. The van der Waals surface area contributed by atoms with Crippen LogP contribution in [0, 0.1) is 17.8 Å². The summed E-state index contributed by atoms with van der Waals surface area (Å²) in [5, 5.41) is 0. The summed E-state index contributed by atoms with van der Waals surface area (Å²) in [6.07, 6.45) is 5.42. The van der Waals surface area contributed by atoms with Gasteiger partial charge in [-0.1, -0.05) is 12.8 Å². The van der Waals surface area contributed by atoms with Crippen molar-refractivity contribution >= 4 is 6.03 Å². The molecule has 80 valence electrons. The average Bonchev–Trinajstić information content (AvgIpc) is 2.96. The van der Waals surface area contributed by atoms with Gasteiger partial charge in [0.15, 0.2) is 0 Å². The number of urea groups is 1. The molecule has 2 fully saturated rings. The fraction of sp³-hybridized carbons (Fsp3) is 0.900. The van der Waals surface area contributed by atoms with Crippen molar-refractivity contribution in [1.82, 2.24) is 10.3 Å². The number of hydrogen-bond donors (Lipinski definition) is 2. The molecule has 0 saturated heterocycles. The number of hydrazine groups is 1. The molecule has 0 aromatic carbocycles. The molecule has 2 rings (SSSR count). The first-order valence-corrected chi connectivity index (χ1v) is 5.44. The minimum Gasteiger partial charge on any atom is -0.326 e. The van der Waals surface area contributed by atoms with Gasteiger partial charge in [-0.25, -0.2) is 10.6 Å². The molecule has 2 saturated carbocycles. The van der Waals surface area contributed by atoms with Crippen LogP contribution in [0.3, 0.4) is 0 Å². The van der Waals surface area contributed by atoms with E-state index in [1.54, 1.807) is 4.90 Å². The summed E-state index contributed by atoms with van der Waals surface area (Å²) in [7, 11) is 1.81. The Morgan fingerprint density at radius 2 is 2.36 bits per heavy atom. The second-order valence-corrected chi connectivity index (χ2v) is 4.68. The largest absolute Gasteiger partial charge is 0.331 e. The van der Waals surface area contributed by atoms with Gasteiger partial charge in [-0.15, -0.1) is 0 Å². The smallest absolute Gasteiger partial charge is 0.326 e. The minimum absolute atomic E-state index is 0.173. The highest BCUT2D eigenvalue weighted by molar-refractivity contribution is 5.73. The van der Waals surface area contributed by atoms with Crippen LogP contribution in [0.2, 0.25) is 0 Å². The number of nitrogens with one attached hydrogen (secondary N) is 1. The van der Waals surface area contributed by atoms with E-state index in [0.717, 1.165) is 24.3 Å². The van der Waals surface area contributed by atoms with Crippen LogP contribution in [0.5, 0.6) is 0 Å². The average molecular weight is 197 g/mol. The normalized spacial score (nSPS) is 34.6. The standard InChI is InChI=1S/C10H19N3O/c1-13(10(14)12-11)6-8-4-2-3-7-5-9(7)8/h7-9H,2-6,11H2,1H3,(H,12,14). The van der Waals surface area contributed by atoms with Crippen molar-refractivity contribution in [2.45, 2.75) is 25.7 Å². The molecule has 2 aliphatic carbocycles. The van der Waals surface area contributed by atoms with Gasteiger partial charge in [0.2, 0.25) is 0 Å². The molecule has 2 amide bonds. The van der Waals surface area contributed by atoms with E-state index in [1.807, 2.05) is 7.05 Å². The third-order valence-electron chi connectivity index (χ3n) is 3.71. The van der Waals surface area contributed by atoms with Gasteiger partial charge in [0.25, 0.3) is 0 Å². The molecule has 0 aliphatic heterocycles. The molecule has 3 atom stereocenters. The summed E-state index contributed by atoms with van der Waals surface area (Å²) in [6, 6.07) is -0.173. The monoisotopic (exact) mass is 197 g/mol. The SMILES string of the molecule is CN(CC1CCCC2CC21)C(=O)NN. The Kier molecular flexibility index (Phi) is 2.63. The maximum absolute atomic E-state index is 11.2. The lowest BCUT2D eigenvalue weighted by atomic mass is 9.89. The zero-order valence-corrected chi connectivity index (χ0v) is 8.70. The lowest BCUT2D eigenvalue weighted by Gasteiger charge is -2.26. The Labute approximate surface area is 84.8 Å². The predicted molar refractivity (Wildman–Crippen MR) is 54.3 cm³/mol. The van der Waals surface area contributed by atoms with Gasteiger partial charge in [0.1, 0.15) is 0 Å². The molecule has 4 nitrogen and oxygen atoms in total. The Balaban J connectivity index is 1.81. The highest BCUT2D eigenvalue weighted by Gasteiger charge is 2.45. The van der Waals surface area contributed by atoms with Crippen LogP contribution in [0.25, 0.3) is 0 Å². The second kappa shape index (κ2) is 3.77. The molecule has 0 aromatic heterocycles. The maximum atomic E-state index is 11.2. The van der Waals surface area contributed by atoms with Gasteiger partial charge in [-0.05, 0) is 30.6 Å². The first kappa shape index (κ1) is 9.77. The van der Waals surface area contributed by atoms with Gasteiger partial charge in [0, 0.05) is 13.6 Å². The number of carbonyl (C=O) groups excluding carboxylic acids is 1. The number of rotatable bonds is 2. The number of hydrogen-bond acceptors (Lipinski definition) is 2. The molecule has 3 unspecified atom stereocenters. The molecule has 0 bridgehead atoms. The molecule has 0 aromatic rings. The van der Waals surface area contributed by atoms with Crippen molar-refractivity contribution in [2.75, 3.05) is 13.6 Å². The summed E-state index contributed by atoms with van der Waals surface area (Å²) < 4.78 is 0. The highest BCUT2D eigenvalue weighted by Crippen LogP contribution is 2.52. The van der Waals surface area contributed by atoms with Crippen molar-refractivity contribution in [3.05, 3.63) is 0 Å². The molecule has 0 radical (unpaired) electrons. The Hall–Kier alpha value is -0.770. The first-order valence-electron chi connectivity index (χ1n) is 5.44. The third kappa shape index (κ3) is 1.85. The third-order valence-corrected chi connectivity index (χ3v) is 3.71. The number of fused-ring (bicyclic) bond motifs is 1. The van der Waals surface area contributed by atoms with Crippen molar-refractivity contribution in [1.29, 1.82) is 0 Å². The van der Waals surface area contributed by atoms with Crippen LogP contribution in [-0.4, -0.2) is 24.5 Å². The van der Waals surface area contributed by atoms with Crippen molar-refractivity contribution in [3.8, 4) is 0 Å². The van der Waals surface area contributed by atoms with Crippen LogP contribution in [-0.2, 0) is 0 Å². The minimum atomic E-state index is -0.173. The molecule has 4 heteroatoms. The van der Waals surface area contributed by atoms with E-state index in [1.165, 1.54) is 25.7 Å². The van der Waals surface area contributed by atoms with Crippen LogP contribution in [0.1, 0.15) is 25.7 Å². The Bertz CT molecular complexity index is 231. The molecule has 0 spiro atoms. The van der Waals surface area contributed by atoms with E-state index in [9.17, 15) is 4.79 Å². The van der Waals surface area contributed by atoms with Crippen molar-refractivity contribution < 1.29 is 4.79 Å². The van der Waals surface area contributed by atoms with E-state index in [0.29, 0.717) is 0 Å². The predicted octanol–water partition coefficient (Wildman–Crippen LogP) is 0.938. The molecule has 0 heterocycles. The van der Waals surface area contributed by atoms with Gasteiger partial charge < -0.3 is 4.90 Å². The quantitative estimate of drug-likeness (QED) is 0.393. The zero-order valence-electron chi connectivity index (χ0n) is 8.70. The number of amides is 2. The van der Waals surface area contributed by atoms with E-state index < -0.39 is 0 Å².